The highest BCUT2D eigenvalue weighted by Gasteiger charge is 2.11. The molecule has 9 heteroatoms. The van der Waals surface area contributed by atoms with Gasteiger partial charge in [-0.2, -0.15) is 8.75 Å². The lowest BCUT2D eigenvalue weighted by Crippen LogP contribution is -2.22. The van der Waals surface area contributed by atoms with E-state index in [2.05, 4.69) is 19.4 Å². The quantitative estimate of drug-likeness (QED) is 0.544. The van der Waals surface area contributed by atoms with Crippen molar-refractivity contribution >= 4 is 45.7 Å². The molecule has 1 aromatic heterocycles. The van der Waals surface area contributed by atoms with Crippen LogP contribution in [0.25, 0.3) is 11.0 Å². The molecule has 0 aliphatic heterocycles. The molecule has 2 N–H and O–H groups in total. The molecule has 1 amide bonds. The number of carbonyl (C=O) groups is 1. The molecule has 1 heterocycles. The van der Waals surface area contributed by atoms with Gasteiger partial charge in [-0.1, -0.05) is 12.1 Å². The molecule has 0 spiro atoms. The monoisotopic (exact) mass is 343 g/mol. The second-order valence-corrected chi connectivity index (χ2v) is 5.62. The van der Waals surface area contributed by atoms with E-state index in [9.17, 15) is 14.9 Å². The van der Waals surface area contributed by atoms with Crippen molar-refractivity contribution in [3.05, 3.63) is 52.1 Å². The summed E-state index contributed by atoms with van der Waals surface area (Å²) in [5.41, 5.74) is 3.29. The number of rotatable bonds is 5. The van der Waals surface area contributed by atoms with Crippen molar-refractivity contribution in [3.63, 3.8) is 0 Å². The van der Waals surface area contributed by atoms with Gasteiger partial charge in [0.1, 0.15) is 11.0 Å². The van der Waals surface area contributed by atoms with Crippen molar-refractivity contribution in [3.8, 4) is 0 Å². The topological polar surface area (TPSA) is 110 Å². The Hall–Kier alpha value is -3.07. The Balaban J connectivity index is 1.69. The number of nitrogens with zero attached hydrogens (tertiary/aromatic N) is 3. The third kappa shape index (κ3) is 3.30. The fourth-order valence-electron chi connectivity index (χ4n) is 2.19. The van der Waals surface area contributed by atoms with Gasteiger partial charge in [0.25, 0.3) is 5.69 Å². The van der Waals surface area contributed by atoms with E-state index in [1.807, 2.05) is 13.0 Å². The molecule has 0 unspecified atom stereocenters. The molecule has 0 saturated carbocycles. The number of hydrogen-bond acceptors (Lipinski definition) is 7. The Bertz CT molecular complexity index is 924. The predicted octanol–water partition coefficient (Wildman–Crippen LogP) is 2.96. The second-order valence-electron chi connectivity index (χ2n) is 5.10. The van der Waals surface area contributed by atoms with Crippen LogP contribution in [0.15, 0.2) is 36.4 Å². The van der Waals surface area contributed by atoms with Gasteiger partial charge in [-0.25, -0.2) is 0 Å². The minimum absolute atomic E-state index is 0.0179. The summed E-state index contributed by atoms with van der Waals surface area (Å²) in [7, 11) is 0. The average molecular weight is 343 g/mol. The molecule has 0 fully saturated rings. The van der Waals surface area contributed by atoms with E-state index in [0.717, 1.165) is 22.8 Å². The van der Waals surface area contributed by atoms with Crippen LogP contribution in [0.4, 0.5) is 17.1 Å². The maximum absolute atomic E-state index is 12.1. The van der Waals surface area contributed by atoms with Gasteiger partial charge in [-0.3, -0.25) is 14.9 Å². The van der Waals surface area contributed by atoms with Crippen LogP contribution in [-0.4, -0.2) is 26.1 Å². The lowest BCUT2D eigenvalue weighted by molar-refractivity contribution is -0.384. The third-order valence-electron chi connectivity index (χ3n) is 3.43. The summed E-state index contributed by atoms with van der Waals surface area (Å²) in [6, 6.07) is 9.83. The van der Waals surface area contributed by atoms with E-state index in [1.165, 1.54) is 12.1 Å². The molecule has 8 nitrogen and oxygen atoms in total. The van der Waals surface area contributed by atoms with Gasteiger partial charge in [0.05, 0.1) is 28.9 Å². The second kappa shape index (κ2) is 6.59. The molecule has 2 aromatic carbocycles. The zero-order valence-electron chi connectivity index (χ0n) is 12.6. The minimum Gasteiger partial charge on any atom is -0.376 e. The van der Waals surface area contributed by atoms with Crippen LogP contribution in [0.3, 0.4) is 0 Å². The molecular weight excluding hydrogens is 330 g/mol. The van der Waals surface area contributed by atoms with Gasteiger partial charge in [0.15, 0.2) is 0 Å². The van der Waals surface area contributed by atoms with Crippen LogP contribution in [0, 0.1) is 17.0 Å². The SMILES string of the molecule is Cc1ccc([N+](=O)[O-])cc1NCC(=O)Nc1cccc2nsnc12. The highest BCUT2D eigenvalue weighted by atomic mass is 32.1. The van der Waals surface area contributed by atoms with Gasteiger partial charge in [0, 0.05) is 17.8 Å². The number of nitrogens with one attached hydrogen (secondary N) is 2. The van der Waals surface area contributed by atoms with E-state index in [1.54, 1.807) is 18.2 Å². The Morgan fingerprint density at radius 2 is 2.08 bits per heavy atom. The number of anilines is 2. The first kappa shape index (κ1) is 15.8. The normalized spacial score (nSPS) is 10.5. The molecular formula is C15H13N5O3S. The highest BCUT2D eigenvalue weighted by molar-refractivity contribution is 7.00. The van der Waals surface area contributed by atoms with Crippen molar-refractivity contribution < 1.29 is 9.72 Å². The van der Waals surface area contributed by atoms with Gasteiger partial charge in [-0.15, -0.1) is 0 Å². The minimum atomic E-state index is -0.472. The number of fused-ring (bicyclic) bond motifs is 1. The Labute approximate surface area is 141 Å². The standard InChI is InChI=1S/C15H13N5O3S/c1-9-5-6-10(20(22)23)7-13(9)16-8-14(21)17-11-3-2-4-12-15(11)19-24-18-12/h2-7,16H,8H2,1H3,(H,17,21). The zero-order valence-corrected chi connectivity index (χ0v) is 13.5. The molecule has 0 atom stereocenters. The number of benzene rings is 2. The van der Waals surface area contributed by atoms with Crippen LogP contribution < -0.4 is 10.6 Å². The number of non-ortho nitro benzene ring substituents is 1. The summed E-state index contributed by atoms with van der Waals surface area (Å²) in [6.07, 6.45) is 0. The molecule has 3 rings (SSSR count). The van der Waals surface area contributed by atoms with E-state index in [0.29, 0.717) is 16.9 Å². The van der Waals surface area contributed by atoms with Gasteiger partial charge in [-0.05, 0) is 24.6 Å². The van der Waals surface area contributed by atoms with Crippen LogP contribution in [0.2, 0.25) is 0 Å². The Kier molecular flexibility index (Phi) is 4.34. The molecule has 0 aliphatic carbocycles. The summed E-state index contributed by atoms with van der Waals surface area (Å²) >= 11 is 1.08. The summed E-state index contributed by atoms with van der Waals surface area (Å²) in [5, 5.41) is 16.5. The number of nitro groups is 1. The van der Waals surface area contributed by atoms with Crippen molar-refractivity contribution in [2.24, 2.45) is 0 Å². The maximum Gasteiger partial charge on any atom is 0.271 e. The average Bonchev–Trinajstić information content (AvgIpc) is 3.03. The molecule has 24 heavy (non-hydrogen) atoms. The lowest BCUT2D eigenvalue weighted by atomic mass is 10.2. The maximum atomic E-state index is 12.1. The molecule has 0 aliphatic rings. The smallest absolute Gasteiger partial charge is 0.271 e. The van der Waals surface area contributed by atoms with Crippen LogP contribution in [0.1, 0.15) is 5.56 Å². The van der Waals surface area contributed by atoms with Gasteiger partial charge in [0.2, 0.25) is 5.91 Å². The van der Waals surface area contributed by atoms with Crippen LogP contribution in [0.5, 0.6) is 0 Å². The van der Waals surface area contributed by atoms with Crippen LogP contribution >= 0.6 is 11.7 Å². The van der Waals surface area contributed by atoms with E-state index >= 15 is 0 Å². The summed E-state index contributed by atoms with van der Waals surface area (Å²) in [4.78, 5) is 22.5. The lowest BCUT2D eigenvalue weighted by Gasteiger charge is -2.10. The largest absolute Gasteiger partial charge is 0.376 e. The Morgan fingerprint density at radius 3 is 2.88 bits per heavy atom. The molecule has 0 bridgehead atoms. The highest BCUT2D eigenvalue weighted by Crippen LogP contribution is 2.23. The van der Waals surface area contributed by atoms with Gasteiger partial charge < -0.3 is 10.6 Å². The first-order valence-electron chi connectivity index (χ1n) is 7.04. The molecule has 3 aromatic rings. The summed E-state index contributed by atoms with van der Waals surface area (Å²) in [5.74, 6) is -0.276. The number of hydrogen-bond donors (Lipinski definition) is 2. The number of aromatic nitrogens is 2. The summed E-state index contributed by atoms with van der Waals surface area (Å²) < 4.78 is 8.27. The van der Waals surface area contributed by atoms with E-state index < -0.39 is 4.92 Å². The van der Waals surface area contributed by atoms with Crippen molar-refractivity contribution in [1.29, 1.82) is 0 Å². The fourth-order valence-corrected chi connectivity index (χ4v) is 2.74. The fraction of sp³-hybridized carbons (Fsp3) is 0.133. The van der Waals surface area contributed by atoms with E-state index in [4.69, 9.17) is 0 Å². The van der Waals surface area contributed by atoms with Crippen molar-refractivity contribution in [1.82, 2.24) is 8.75 Å². The zero-order chi connectivity index (χ0) is 17.1. The van der Waals surface area contributed by atoms with Crippen LogP contribution in [-0.2, 0) is 4.79 Å². The van der Waals surface area contributed by atoms with Crippen molar-refractivity contribution in [2.75, 3.05) is 17.2 Å². The Morgan fingerprint density at radius 1 is 1.25 bits per heavy atom. The third-order valence-corrected chi connectivity index (χ3v) is 3.97. The molecule has 0 radical (unpaired) electrons. The number of carbonyl (C=O) groups excluding carboxylic acids is 1. The van der Waals surface area contributed by atoms with Crippen molar-refractivity contribution in [2.45, 2.75) is 6.92 Å². The van der Waals surface area contributed by atoms with E-state index in [-0.39, 0.29) is 18.1 Å². The summed E-state index contributed by atoms with van der Waals surface area (Å²) in [6.45, 7) is 1.79. The first-order valence-corrected chi connectivity index (χ1v) is 7.77. The molecule has 0 saturated heterocycles. The number of amides is 1. The van der Waals surface area contributed by atoms with Gasteiger partial charge >= 0.3 is 0 Å². The number of nitro benzene ring substituents is 1. The molecule has 122 valence electrons. The number of aryl methyl sites for hydroxylation is 1. The predicted molar refractivity (Wildman–Crippen MR) is 92.4 cm³/mol. The first-order chi connectivity index (χ1) is 11.5.